The molecule has 0 aliphatic heterocycles. The lowest BCUT2D eigenvalue weighted by Gasteiger charge is -2.33. The van der Waals surface area contributed by atoms with Gasteiger partial charge in [-0.25, -0.2) is 0 Å². The van der Waals surface area contributed by atoms with Crippen molar-refractivity contribution in [2.75, 3.05) is 0 Å². The molecular weight excluding hydrogens is 170 g/mol. The normalized spacial score (nSPS) is 34.2. The van der Waals surface area contributed by atoms with Crippen LogP contribution in [0.1, 0.15) is 39.0 Å². The maximum Gasteiger partial charge on any atom is 0.0273 e. The van der Waals surface area contributed by atoms with E-state index in [0.717, 1.165) is 17.5 Å². The Kier molecular flexibility index (Phi) is 2.95. The van der Waals surface area contributed by atoms with Gasteiger partial charge in [0.1, 0.15) is 0 Å². The summed E-state index contributed by atoms with van der Waals surface area (Å²) in [5.41, 5.74) is 6.74. The quantitative estimate of drug-likeness (QED) is 0.676. The summed E-state index contributed by atoms with van der Waals surface area (Å²) in [5, 5.41) is 0. The lowest BCUT2D eigenvalue weighted by Crippen LogP contribution is -2.24. The van der Waals surface area contributed by atoms with E-state index in [1.165, 1.54) is 32.1 Å². The molecule has 0 aromatic heterocycles. The summed E-state index contributed by atoms with van der Waals surface area (Å²) >= 11 is 0. The van der Waals surface area contributed by atoms with E-state index in [0.29, 0.717) is 5.92 Å². The summed E-state index contributed by atoms with van der Waals surface area (Å²) in [6.45, 7) is 2.30. The second-order valence-corrected chi connectivity index (χ2v) is 4.86. The molecule has 0 bridgehead atoms. The van der Waals surface area contributed by atoms with Crippen molar-refractivity contribution in [2.45, 2.75) is 39.0 Å². The minimum absolute atomic E-state index is 0.642. The van der Waals surface area contributed by atoms with Crippen molar-refractivity contribution in [3.63, 3.8) is 0 Å². The first kappa shape index (κ1) is 9.82. The van der Waals surface area contributed by atoms with E-state index in [2.05, 4.69) is 25.2 Å². The number of hydrogen-bond donors (Lipinski definition) is 1. The van der Waals surface area contributed by atoms with Gasteiger partial charge in [-0.05, 0) is 36.7 Å². The summed E-state index contributed by atoms with van der Waals surface area (Å²) < 4.78 is 0. The third-order valence-corrected chi connectivity index (χ3v) is 3.77. The maximum absolute atomic E-state index is 5.79. The highest BCUT2D eigenvalue weighted by Gasteiger charge is 2.26. The van der Waals surface area contributed by atoms with Gasteiger partial charge in [-0.1, -0.05) is 38.3 Å². The Morgan fingerprint density at radius 3 is 2.57 bits per heavy atom. The highest BCUT2D eigenvalue weighted by molar-refractivity contribution is 5.22. The van der Waals surface area contributed by atoms with Gasteiger partial charge in [-0.3, -0.25) is 0 Å². The number of allylic oxidation sites excluding steroid dienone is 3. The van der Waals surface area contributed by atoms with Gasteiger partial charge in [-0.2, -0.15) is 0 Å². The largest absolute Gasteiger partial charge is 0.399 e. The van der Waals surface area contributed by atoms with E-state index in [1.54, 1.807) is 0 Å². The average Bonchev–Trinajstić information content (AvgIpc) is 2.19. The molecule has 1 nitrogen and oxygen atoms in total. The molecule has 1 fully saturated rings. The molecule has 1 saturated carbocycles. The van der Waals surface area contributed by atoms with Crippen LogP contribution in [0.25, 0.3) is 0 Å². The molecule has 2 N–H and O–H groups in total. The summed E-state index contributed by atoms with van der Waals surface area (Å²) in [4.78, 5) is 0. The summed E-state index contributed by atoms with van der Waals surface area (Å²) in [6, 6.07) is 0. The van der Waals surface area contributed by atoms with Crippen LogP contribution in [-0.4, -0.2) is 0 Å². The molecular formula is C13H21N. The highest BCUT2D eigenvalue weighted by atomic mass is 14.6. The van der Waals surface area contributed by atoms with Crippen LogP contribution in [0.3, 0.4) is 0 Å². The van der Waals surface area contributed by atoms with E-state index < -0.39 is 0 Å². The molecule has 0 amide bonds. The lowest BCUT2D eigenvalue weighted by molar-refractivity contribution is 0.249. The average molecular weight is 191 g/mol. The Morgan fingerprint density at radius 2 is 1.93 bits per heavy atom. The van der Waals surface area contributed by atoms with Crippen molar-refractivity contribution in [1.82, 2.24) is 0 Å². The zero-order valence-electron chi connectivity index (χ0n) is 9.08. The van der Waals surface area contributed by atoms with Gasteiger partial charge in [0.25, 0.3) is 0 Å². The smallest absolute Gasteiger partial charge is 0.0273 e. The third-order valence-electron chi connectivity index (χ3n) is 3.77. The van der Waals surface area contributed by atoms with Gasteiger partial charge in [0.05, 0.1) is 0 Å². The molecule has 2 aliphatic rings. The van der Waals surface area contributed by atoms with Crippen molar-refractivity contribution in [2.24, 2.45) is 23.5 Å². The molecule has 2 atom stereocenters. The topological polar surface area (TPSA) is 26.0 Å². The van der Waals surface area contributed by atoms with Crippen LogP contribution in [0.4, 0.5) is 0 Å². The second-order valence-electron chi connectivity index (χ2n) is 4.86. The first-order valence-corrected chi connectivity index (χ1v) is 5.93. The minimum Gasteiger partial charge on any atom is -0.399 e. The van der Waals surface area contributed by atoms with Crippen LogP contribution < -0.4 is 5.73 Å². The molecule has 0 spiro atoms. The number of hydrogen-bond acceptors (Lipinski definition) is 1. The van der Waals surface area contributed by atoms with Gasteiger partial charge in [0, 0.05) is 5.70 Å². The Morgan fingerprint density at radius 1 is 1.21 bits per heavy atom. The first-order valence-electron chi connectivity index (χ1n) is 5.93. The fourth-order valence-corrected chi connectivity index (χ4v) is 2.97. The molecule has 0 heterocycles. The molecule has 0 radical (unpaired) electrons. The molecule has 14 heavy (non-hydrogen) atoms. The van der Waals surface area contributed by atoms with E-state index >= 15 is 0 Å². The van der Waals surface area contributed by atoms with E-state index in [-0.39, 0.29) is 0 Å². The van der Waals surface area contributed by atoms with E-state index in [9.17, 15) is 0 Å². The fraction of sp³-hybridized carbons (Fsp3) is 0.692. The fourth-order valence-electron chi connectivity index (χ4n) is 2.97. The Hall–Kier alpha value is -0.720. The van der Waals surface area contributed by atoms with Gasteiger partial charge in [0.15, 0.2) is 0 Å². The number of rotatable bonds is 1. The van der Waals surface area contributed by atoms with Crippen molar-refractivity contribution in [3.8, 4) is 0 Å². The molecule has 0 aromatic carbocycles. The molecule has 0 aromatic rings. The zero-order chi connectivity index (χ0) is 9.97. The molecule has 0 saturated heterocycles. The van der Waals surface area contributed by atoms with Crippen molar-refractivity contribution < 1.29 is 0 Å². The maximum atomic E-state index is 5.79. The summed E-state index contributed by atoms with van der Waals surface area (Å²) in [6.07, 6.45) is 13.8. The molecule has 2 unspecified atom stereocenters. The highest BCUT2D eigenvalue weighted by Crippen LogP contribution is 2.36. The molecule has 78 valence electrons. The van der Waals surface area contributed by atoms with Gasteiger partial charge < -0.3 is 5.73 Å². The minimum atomic E-state index is 0.642. The Labute approximate surface area is 87.1 Å². The Bertz CT molecular complexity index is 246. The molecule has 2 rings (SSSR count). The van der Waals surface area contributed by atoms with Crippen LogP contribution in [-0.2, 0) is 0 Å². The molecule has 1 heteroatoms. The SMILES string of the molecule is CC1C=C(N)C=CC1C1CCCCC1. The van der Waals surface area contributed by atoms with Crippen LogP contribution in [0, 0.1) is 17.8 Å². The van der Waals surface area contributed by atoms with Gasteiger partial charge in [-0.15, -0.1) is 0 Å². The van der Waals surface area contributed by atoms with E-state index in [4.69, 9.17) is 5.73 Å². The predicted octanol–water partition coefficient (Wildman–Crippen LogP) is 3.23. The second kappa shape index (κ2) is 4.20. The van der Waals surface area contributed by atoms with Crippen molar-refractivity contribution in [3.05, 3.63) is 23.9 Å². The van der Waals surface area contributed by atoms with Crippen LogP contribution in [0.15, 0.2) is 23.9 Å². The molecule has 2 aliphatic carbocycles. The zero-order valence-corrected chi connectivity index (χ0v) is 9.08. The van der Waals surface area contributed by atoms with Crippen LogP contribution in [0.5, 0.6) is 0 Å². The predicted molar refractivity (Wildman–Crippen MR) is 60.6 cm³/mol. The summed E-state index contributed by atoms with van der Waals surface area (Å²) in [5.74, 6) is 2.31. The lowest BCUT2D eigenvalue weighted by atomic mass is 9.73. The van der Waals surface area contributed by atoms with Gasteiger partial charge in [0.2, 0.25) is 0 Å². The van der Waals surface area contributed by atoms with Crippen LogP contribution >= 0.6 is 0 Å². The summed E-state index contributed by atoms with van der Waals surface area (Å²) in [7, 11) is 0. The Balaban J connectivity index is 2.01. The van der Waals surface area contributed by atoms with Crippen LogP contribution in [0.2, 0.25) is 0 Å². The van der Waals surface area contributed by atoms with E-state index in [1.807, 2.05) is 0 Å². The van der Waals surface area contributed by atoms with Gasteiger partial charge >= 0.3 is 0 Å². The van der Waals surface area contributed by atoms with Crippen molar-refractivity contribution in [1.29, 1.82) is 0 Å². The standard InChI is InChI=1S/C13H21N/c1-10-9-12(14)7-8-13(10)11-5-3-2-4-6-11/h7-11,13H,2-6,14H2,1H3. The number of nitrogens with two attached hydrogens (primary N) is 1. The monoisotopic (exact) mass is 191 g/mol. The van der Waals surface area contributed by atoms with Crippen molar-refractivity contribution >= 4 is 0 Å². The first-order chi connectivity index (χ1) is 6.77. The third kappa shape index (κ3) is 2.02.